The molecule has 0 unspecified atom stereocenters. The van der Waals surface area contributed by atoms with Crippen molar-refractivity contribution in [3.63, 3.8) is 0 Å². The van der Waals surface area contributed by atoms with E-state index in [2.05, 4.69) is 5.32 Å². The van der Waals surface area contributed by atoms with E-state index >= 15 is 0 Å². The predicted molar refractivity (Wildman–Crippen MR) is 98.7 cm³/mol. The van der Waals surface area contributed by atoms with Gasteiger partial charge in [0.25, 0.3) is 5.91 Å². The van der Waals surface area contributed by atoms with Gasteiger partial charge in [0.1, 0.15) is 0 Å². The molecule has 27 heavy (non-hydrogen) atoms. The molecule has 1 fully saturated rings. The van der Waals surface area contributed by atoms with Gasteiger partial charge in [0.2, 0.25) is 0 Å². The first kappa shape index (κ1) is 19.1. The summed E-state index contributed by atoms with van der Waals surface area (Å²) in [6.07, 6.45) is 1.56. The van der Waals surface area contributed by atoms with Crippen LogP contribution in [0.1, 0.15) is 28.8 Å². The van der Waals surface area contributed by atoms with Gasteiger partial charge >= 0.3 is 0 Å². The molecular weight excluding hydrogens is 351 g/mol. The number of nitrogens with one attached hydrogen (secondary N) is 1. The third-order valence-corrected chi connectivity index (χ3v) is 4.43. The van der Waals surface area contributed by atoms with Crippen LogP contribution < -0.4 is 20.5 Å². The summed E-state index contributed by atoms with van der Waals surface area (Å²) in [5.41, 5.74) is 6.59. The lowest BCUT2D eigenvalue weighted by Crippen LogP contribution is -2.38. The fraction of sp³-hybridized carbons (Fsp3) is 0.350. The molecule has 3 rings (SSSR count). The van der Waals surface area contributed by atoms with E-state index in [4.69, 9.17) is 19.9 Å². The summed E-state index contributed by atoms with van der Waals surface area (Å²) in [6, 6.07) is 9.42. The molecule has 2 aromatic rings. The maximum absolute atomic E-state index is 14.2. The number of hydrogen-bond donors (Lipinski definition) is 2. The minimum absolute atomic E-state index is 0.0347. The zero-order valence-electron chi connectivity index (χ0n) is 15.2. The molecule has 6 nitrogen and oxygen atoms in total. The van der Waals surface area contributed by atoms with Gasteiger partial charge in [-0.25, -0.2) is 4.39 Å². The van der Waals surface area contributed by atoms with Gasteiger partial charge < -0.3 is 25.3 Å². The standard InChI is InChI=1S/C20H23FN2O4/c1-25-18-5-3-14(20(24)23-15-6-8-26-9-7-15)11-19(18)27-17-4-2-13(12-22)10-16(17)21/h2-5,10-11,15H,6-9,12,22H2,1H3,(H,23,24). The second kappa shape index (κ2) is 8.83. The Kier molecular flexibility index (Phi) is 6.26. The molecule has 1 heterocycles. The van der Waals surface area contributed by atoms with E-state index in [0.717, 1.165) is 12.8 Å². The predicted octanol–water partition coefficient (Wildman–Crippen LogP) is 2.99. The van der Waals surface area contributed by atoms with E-state index in [0.29, 0.717) is 30.1 Å². The van der Waals surface area contributed by atoms with Crippen LogP contribution >= 0.6 is 0 Å². The Bertz CT molecular complexity index is 807. The highest BCUT2D eigenvalue weighted by atomic mass is 19.1. The number of rotatable bonds is 6. The van der Waals surface area contributed by atoms with Crippen molar-refractivity contribution in [3.8, 4) is 17.2 Å². The minimum atomic E-state index is -0.530. The van der Waals surface area contributed by atoms with Crippen molar-refractivity contribution in [2.45, 2.75) is 25.4 Å². The number of amides is 1. The molecule has 7 heteroatoms. The van der Waals surface area contributed by atoms with Gasteiger partial charge in [0.15, 0.2) is 23.1 Å². The largest absolute Gasteiger partial charge is 0.493 e. The normalized spacial score (nSPS) is 14.6. The SMILES string of the molecule is COc1ccc(C(=O)NC2CCOCC2)cc1Oc1ccc(CN)cc1F. The maximum Gasteiger partial charge on any atom is 0.251 e. The van der Waals surface area contributed by atoms with Crippen LogP contribution in [0.4, 0.5) is 4.39 Å². The number of hydrogen-bond acceptors (Lipinski definition) is 5. The second-order valence-electron chi connectivity index (χ2n) is 6.30. The Labute approximate surface area is 157 Å². The van der Waals surface area contributed by atoms with Crippen LogP contribution in [0.2, 0.25) is 0 Å². The first-order valence-corrected chi connectivity index (χ1v) is 8.83. The molecule has 144 valence electrons. The minimum Gasteiger partial charge on any atom is -0.493 e. The van der Waals surface area contributed by atoms with Gasteiger partial charge in [-0.1, -0.05) is 6.07 Å². The highest BCUT2D eigenvalue weighted by Crippen LogP contribution is 2.34. The molecule has 0 spiro atoms. The number of ether oxygens (including phenoxy) is 3. The molecule has 1 aliphatic heterocycles. The summed E-state index contributed by atoms with van der Waals surface area (Å²) in [5.74, 6) is -0.0469. The van der Waals surface area contributed by atoms with E-state index in [1.807, 2.05) is 0 Å². The molecule has 1 aliphatic rings. The van der Waals surface area contributed by atoms with Crippen molar-refractivity contribution >= 4 is 5.91 Å². The Hall–Kier alpha value is -2.64. The average molecular weight is 374 g/mol. The maximum atomic E-state index is 14.2. The van der Waals surface area contributed by atoms with Gasteiger partial charge in [0, 0.05) is 31.4 Å². The first-order valence-electron chi connectivity index (χ1n) is 8.83. The van der Waals surface area contributed by atoms with Crippen molar-refractivity contribution in [1.82, 2.24) is 5.32 Å². The fourth-order valence-corrected chi connectivity index (χ4v) is 2.88. The van der Waals surface area contributed by atoms with Crippen molar-refractivity contribution in [3.05, 3.63) is 53.3 Å². The number of halogens is 1. The van der Waals surface area contributed by atoms with Gasteiger partial charge in [0.05, 0.1) is 7.11 Å². The summed E-state index contributed by atoms with van der Waals surface area (Å²) in [7, 11) is 1.48. The summed E-state index contributed by atoms with van der Waals surface area (Å²) < 4.78 is 30.5. The average Bonchev–Trinajstić information content (AvgIpc) is 2.70. The first-order chi connectivity index (χ1) is 13.1. The van der Waals surface area contributed by atoms with Crippen LogP contribution in [-0.4, -0.2) is 32.3 Å². The van der Waals surface area contributed by atoms with Crippen LogP contribution in [0.3, 0.4) is 0 Å². The third kappa shape index (κ3) is 4.75. The summed E-state index contributed by atoms with van der Waals surface area (Å²) in [6.45, 7) is 1.52. The van der Waals surface area contributed by atoms with Crippen LogP contribution in [0, 0.1) is 5.82 Å². The van der Waals surface area contributed by atoms with E-state index in [1.165, 1.54) is 19.2 Å². The highest BCUT2D eigenvalue weighted by Gasteiger charge is 2.19. The Morgan fingerprint density at radius 3 is 2.59 bits per heavy atom. The van der Waals surface area contributed by atoms with E-state index in [-0.39, 0.29) is 30.0 Å². The molecule has 0 aliphatic carbocycles. The Morgan fingerprint density at radius 2 is 1.93 bits per heavy atom. The number of nitrogens with two attached hydrogens (primary N) is 1. The van der Waals surface area contributed by atoms with Crippen LogP contribution in [0.25, 0.3) is 0 Å². The van der Waals surface area contributed by atoms with Crippen LogP contribution in [0.5, 0.6) is 17.2 Å². The lowest BCUT2D eigenvalue weighted by Gasteiger charge is -2.23. The summed E-state index contributed by atoms with van der Waals surface area (Å²) >= 11 is 0. The molecule has 0 aromatic heterocycles. The van der Waals surface area contributed by atoms with Gasteiger partial charge in [-0.3, -0.25) is 4.79 Å². The Morgan fingerprint density at radius 1 is 1.19 bits per heavy atom. The second-order valence-corrected chi connectivity index (χ2v) is 6.30. The molecule has 0 bridgehead atoms. The number of carbonyl (C=O) groups excluding carboxylic acids is 1. The Balaban J connectivity index is 1.79. The summed E-state index contributed by atoms with van der Waals surface area (Å²) in [4.78, 5) is 12.5. The molecular formula is C20H23FN2O4. The lowest BCUT2D eigenvalue weighted by molar-refractivity contribution is 0.0696. The molecule has 3 N–H and O–H groups in total. The van der Waals surface area contributed by atoms with E-state index in [1.54, 1.807) is 24.3 Å². The van der Waals surface area contributed by atoms with Crippen molar-refractivity contribution < 1.29 is 23.4 Å². The monoisotopic (exact) mass is 374 g/mol. The zero-order valence-corrected chi connectivity index (χ0v) is 15.2. The number of carbonyl (C=O) groups is 1. The van der Waals surface area contributed by atoms with Crippen LogP contribution in [-0.2, 0) is 11.3 Å². The quantitative estimate of drug-likeness (QED) is 0.812. The van der Waals surface area contributed by atoms with Gasteiger partial charge in [-0.2, -0.15) is 0 Å². The fourth-order valence-electron chi connectivity index (χ4n) is 2.88. The molecule has 2 aromatic carbocycles. The third-order valence-electron chi connectivity index (χ3n) is 4.43. The molecule has 0 atom stereocenters. The summed E-state index contributed by atoms with van der Waals surface area (Å²) in [5, 5.41) is 2.99. The lowest BCUT2D eigenvalue weighted by atomic mass is 10.1. The van der Waals surface area contributed by atoms with E-state index < -0.39 is 5.82 Å². The van der Waals surface area contributed by atoms with Crippen molar-refractivity contribution in [2.75, 3.05) is 20.3 Å². The van der Waals surface area contributed by atoms with Crippen molar-refractivity contribution in [1.29, 1.82) is 0 Å². The van der Waals surface area contributed by atoms with E-state index in [9.17, 15) is 9.18 Å². The van der Waals surface area contributed by atoms with Gasteiger partial charge in [-0.05, 0) is 48.7 Å². The number of methoxy groups -OCH3 is 1. The highest BCUT2D eigenvalue weighted by molar-refractivity contribution is 5.95. The smallest absolute Gasteiger partial charge is 0.251 e. The molecule has 1 amide bonds. The van der Waals surface area contributed by atoms with Crippen molar-refractivity contribution in [2.24, 2.45) is 5.73 Å². The van der Waals surface area contributed by atoms with Crippen LogP contribution in [0.15, 0.2) is 36.4 Å². The topological polar surface area (TPSA) is 82.8 Å². The number of benzene rings is 2. The zero-order chi connectivity index (χ0) is 19.2. The van der Waals surface area contributed by atoms with Gasteiger partial charge in [-0.15, -0.1) is 0 Å². The molecule has 0 saturated carbocycles. The molecule has 0 radical (unpaired) electrons. The molecule has 1 saturated heterocycles.